The summed E-state index contributed by atoms with van der Waals surface area (Å²) >= 11 is 0. The van der Waals surface area contributed by atoms with Crippen LogP contribution >= 0.6 is 0 Å². The van der Waals surface area contributed by atoms with Crippen LogP contribution in [0, 0.1) is 5.92 Å². The van der Waals surface area contributed by atoms with Crippen LogP contribution in [0.5, 0.6) is 0 Å². The molecule has 1 aliphatic carbocycles. The van der Waals surface area contributed by atoms with Gasteiger partial charge in [0.15, 0.2) is 0 Å². The van der Waals surface area contributed by atoms with Gasteiger partial charge in [-0.2, -0.15) is 8.78 Å². The van der Waals surface area contributed by atoms with Crippen molar-refractivity contribution in [3.63, 3.8) is 0 Å². The molecule has 122 valence electrons. The Balaban J connectivity index is 2.20. The largest absolute Gasteiger partial charge is 0.341 e. The summed E-state index contributed by atoms with van der Waals surface area (Å²) < 4.78 is 47.7. The summed E-state index contributed by atoms with van der Waals surface area (Å²) in [6.07, 6.45) is 1.94. The predicted molar refractivity (Wildman–Crippen MR) is 78.5 cm³/mol. The lowest BCUT2D eigenvalue weighted by Crippen LogP contribution is -2.36. The average molecular weight is 331 g/mol. The molecule has 1 saturated carbocycles. The van der Waals surface area contributed by atoms with Gasteiger partial charge in [-0.1, -0.05) is 13.8 Å². The molecule has 1 aromatic rings. The van der Waals surface area contributed by atoms with Crippen molar-refractivity contribution in [2.45, 2.75) is 43.4 Å². The van der Waals surface area contributed by atoms with Gasteiger partial charge in [-0.05, 0) is 43.0 Å². The smallest absolute Gasteiger partial charge is 0.335 e. The van der Waals surface area contributed by atoms with Crippen LogP contribution in [0.2, 0.25) is 0 Å². The predicted octanol–water partition coefficient (Wildman–Crippen LogP) is 2.94. The first-order valence-electron chi connectivity index (χ1n) is 7.16. The van der Waals surface area contributed by atoms with Gasteiger partial charge >= 0.3 is 5.76 Å². The van der Waals surface area contributed by atoms with Crippen LogP contribution in [0.3, 0.4) is 0 Å². The van der Waals surface area contributed by atoms with Gasteiger partial charge in [0.2, 0.25) is 9.84 Å². The number of nitrogens with zero attached hydrogens (tertiary/aromatic N) is 1. The van der Waals surface area contributed by atoms with E-state index in [4.69, 9.17) is 0 Å². The molecule has 0 aromatic heterocycles. The van der Waals surface area contributed by atoms with E-state index in [1.807, 2.05) is 13.8 Å². The molecule has 0 spiro atoms. The van der Waals surface area contributed by atoms with E-state index < -0.39 is 20.5 Å². The number of halogens is 2. The molecule has 22 heavy (non-hydrogen) atoms. The van der Waals surface area contributed by atoms with Gasteiger partial charge in [0.25, 0.3) is 5.91 Å². The summed E-state index contributed by atoms with van der Waals surface area (Å²) in [6, 6.07) is 4.96. The zero-order chi connectivity index (χ0) is 16.5. The van der Waals surface area contributed by atoms with Crippen molar-refractivity contribution in [1.29, 1.82) is 0 Å². The molecule has 1 fully saturated rings. The van der Waals surface area contributed by atoms with Crippen LogP contribution in [-0.2, 0) is 9.84 Å². The molecular weight excluding hydrogens is 312 g/mol. The lowest BCUT2D eigenvalue weighted by atomic mass is 10.1. The molecule has 7 heteroatoms. The molecular formula is C15H19F2NO3S. The molecule has 0 N–H and O–H groups in total. The maximum Gasteiger partial charge on any atom is 0.341 e. The number of rotatable bonds is 6. The van der Waals surface area contributed by atoms with Crippen LogP contribution in [0.15, 0.2) is 29.2 Å². The number of carbonyl (C=O) groups is 1. The van der Waals surface area contributed by atoms with E-state index in [-0.39, 0.29) is 11.9 Å². The second kappa shape index (κ2) is 6.32. The molecule has 0 unspecified atom stereocenters. The van der Waals surface area contributed by atoms with Crippen LogP contribution < -0.4 is 0 Å². The zero-order valence-corrected chi connectivity index (χ0v) is 13.3. The van der Waals surface area contributed by atoms with E-state index >= 15 is 0 Å². The number of amides is 1. The Morgan fingerprint density at radius 1 is 1.23 bits per heavy atom. The highest BCUT2D eigenvalue weighted by atomic mass is 32.2. The third-order valence-corrected chi connectivity index (χ3v) is 4.87. The molecule has 1 aliphatic rings. The third-order valence-electron chi connectivity index (χ3n) is 3.47. The highest BCUT2D eigenvalue weighted by Crippen LogP contribution is 2.29. The van der Waals surface area contributed by atoms with Crippen molar-refractivity contribution >= 4 is 15.7 Å². The normalized spacial score (nSPS) is 15.4. The highest BCUT2D eigenvalue weighted by molar-refractivity contribution is 7.91. The number of benzene rings is 1. The maximum atomic E-state index is 12.5. The van der Waals surface area contributed by atoms with E-state index in [0.717, 1.165) is 25.0 Å². The van der Waals surface area contributed by atoms with Crippen molar-refractivity contribution in [3.8, 4) is 0 Å². The Bertz CT molecular complexity index is 637. The van der Waals surface area contributed by atoms with Gasteiger partial charge in [0.05, 0.1) is 4.90 Å². The summed E-state index contributed by atoms with van der Waals surface area (Å²) in [7, 11) is -4.62. The molecule has 0 bridgehead atoms. The molecule has 1 amide bonds. The Morgan fingerprint density at radius 3 is 2.18 bits per heavy atom. The molecule has 1 aromatic carbocycles. The average Bonchev–Trinajstić information content (AvgIpc) is 3.28. The summed E-state index contributed by atoms with van der Waals surface area (Å²) in [5, 5.41) is 0. The monoisotopic (exact) mass is 331 g/mol. The summed E-state index contributed by atoms with van der Waals surface area (Å²) in [4.78, 5) is 13.8. The summed E-state index contributed by atoms with van der Waals surface area (Å²) in [5.41, 5.74) is 0.320. The van der Waals surface area contributed by atoms with Gasteiger partial charge in [-0.3, -0.25) is 4.79 Å². The van der Waals surface area contributed by atoms with Crippen molar-refractivity contribution in [1.82, 2.24) is 4.90 Å². The Kier molecular flexibility index (Phi) is 4.84. The van der Waals surface area contributed by atoms with Gasteiger partial charge in [0.1, 0.15) is 0 Å². The minimum atomic E-state index is -4.62. The van der Waals surface area contributed by atoms with Gasteiger partial charge in [0, 0.05) is 18.2 Å². The minimum absolute atomic E-state index is 0.183. The SMILES string of the molecule is CC(C)CN(C(=O)c1ccc(S(=O)(=O)C(F)F)cc1)C1CC1. The van der Waals surface area contributed by atoms with Gasteiger partial charge in [-0.25, -0.2) is 8.42 Å². The maximum absolute atomic E-state index is 12.5. The van der Waals surface area contributed by atoms with E-state index in [1.165, 1.54) is 12.1 Å². The Hall–Kier alpha value is -1.50. The fourth-order valence-corrected chi connectivity index (χ4v) is 2.95. The quantitative estimate of drug-likeness (QED) is 0.805. The van der Waals surface area contributed by atoms with Crippen molar-refractivity contribution in [2.75, 3.05) is 6.54 Å². The topological polar surface area (TPSA) is 54.5 Å². The van der Waals surface area contributed by atoms with E-state index in [0.29, 0.717) is 18.0 Å². The first-order valence-corrected chi connectivity index (χ1v) is 8.71. The molecule has 0 aliphatic heterocycles. The van der Waals surface area contributed by atoms with Crippen LogP contribution in [-0.4, -0.2) is 37.6 Å². The van der Waals surface area contributed by atoms with E-state index in [2.05, 4.69) is 0 Å². The molecule has 2 rings (SSSR count). The van der Waals surface area contributed by atoms with Crippen molar-refractivity contribution in [2.24, 2.45) is 5.92 Å². The van der Waals surface area contributed by atoms with Crippen LogP contribution in [0.1, 0.15) is 37.0 Å². The first-order chi connectivity index (χ1) is 10.2. The number of hydrogen-bond acceptors (Lipinski definition) is 3. The number of sulfone groups is 1. The van der Waals surface area contributed by atoms with Gasteiger partial charge in [-0.15, -0.1) is 0 Å². The Morgan fingerprint density at radius 2 is 1.77 bits per heavy atom. The van der Waals surface area contributed by atoms with Crippen molar-refractivity contribution in [3.05, 3.63) is 29.8 Å². The second-order valence-electron chi connectivity index (χ2n) is 5.91. The molecule has 0 atom stereocenters. The van der Waals surface area contributed by atoms with E-state index in [9.17, 15) is 22.0 Å². The standard InChI is InChI=1S/C15H19F2NO3S/c1-10(2)9-18(12-5-6-12)14(19)11-3-7-13(8-4-11)22(20,21)15(16)17/h3-4,7-8,10,12,15H,5-6,9H2,1-2H3. The lowest BCUT2D eigenvalue weighted by Gasteiger charge is -2.24. The molecule has 4 nitrogen and oxygen atoms in total. The molecule has 0 saturated heterocycles. The van der Waals surface area contributed by atoms with E-state index in [1.54, 1.807) is 4.90 Å². The fraction of sp³-hybridized carbons (Fsp3) is 0.533. The third kappa shape index (κ3) is 3.63. The minimum Gasteiger partial charge on any atom is -0.335 e. The number of alkyl halides is 2. The lowest BCUT2D eigenvalue weighted by molar-refractivity contribution is 0.0722. The Labute approximate surface area is 129 Å². The highest BCUT2D eigenvalue weighted by Gasteiger charge is 2.33. The van der Waals surface area contributed by atoms with Crippen LogP contribution in [0.25, 0.3) is 0 Å². The number of hydrogen-bond donors (Lipinski definition) is 0. The van der Waals surface area contributed by atoms with Crippen LogP contribution in [0.4, 0.5) is 8.78 Å². The zero-order valence-electron chi connectivity index (χ0n) is 12.5. The van der Waals surface area contributed by atoms with Crippen molar-refractivity contribution < 1.29 is 22.0 Å². The summed E-state index contributed by atoms with van der Waals surface area (Å²) in [6.45, 7) is 4.66. The molecule has 0 radical (unpaired) electrons. The van der Waals surface area contributed by atoms with Gasteiger partial charge < -0.3 is 4.90 Å². The number of carbonyl (C=O) groups excluding carboxylic acids is 1. The fourth-order valence-electron chi connectivity index (χ4n) is 2.23. The first kappa shape index (κ1) is 16.9. The molecule has 0 heterocycles. The second-order valence-corrected chi connectivity index (χ2v) is 7.83. The summed E-state index contributed by atoms with van der Waals surface area (Å²) in [5.74, 6) is -3.32.